The first kappa shape index (κ1) is 14.3. The summed E-state index contributed by atoms with van der Waals surface area (Å²) in [4.78, 5) is 26.8. The zero-order valence-corrected chi connectivity index (χ0v) is 12.6. The van der Waals surface area contributed by atoms with E-state index in [2.05, 4.69) is 0 Å². The third-order valence-electron chi connectivity index (χ3n) is 4.28. The number of ether oxygens (including phenoxy) is 1. The van der Waals surface area contributed by atoms with E-state index in [9.17, 15) is 9.59 Å². The molecule has 1 heterocycles. The van der Waals surface area contributed by atoms with Gasteiger partial charge in [0, 0.05) is 12.1 Å². The molecule has 22 heavy (non-hydrogen) atoms. The second-order valence-electron chi connectivity index (χ2n) is 5.48. The molecule has 1 amide bonds. The smallest absolute Gasteiger partial charge is 0.336 e. The number of methoxy groups -OCH3 is 1. The Morgan fingerprint density at radius 2 is 1.73 bits per heavy atom. The lowest BCUT2D eigenvalue weighted by atomic mass is 9.90. The maximum absolute atomic E-state index is 12.8. The van der Waals surface area contributed by atoms with Crippen molar-refractivity contribution in [3.05, 3.63) is 71.3 Å². The van der Waals surface area contributed by atoms with E-state index < -0.39 is 11.5 Å². The van der Waals surface area contributed by atoms with Crippen LogP contribution >= 0.6 is 0 Å². The summed E-state index contributed by atoms with van der Waals surface area (Å²) in [5, 5.41) is 0. The molecule has 4 heteroatoms. The highest BCUT2D eigenvalue weighted by Crippen LogP contribution is 2.36. The fraction of sp³-hybridized carbons (Fsp3) is 0.222. The van der Waals surface area contributed by atoms with Gasteiger partial charge in [0.2, 0.25) is 0 Å². The zero-order valence-electron chi connectivity index (χ0n) is 12.6. The lowest BCUT2D eigenvalue weighted by Gasteiger charge is -2.36. The van der Waals surface area contributed by atoms with Crippen LogP contribution in [0.5, 0.6) is 0 Å². The molecule has 0 spiro atoms. The van der Waals surface area contributed by atoms with Gasteiger partial charge in [0.05, 0.1) is 7.11 Å². The molecular weight excluding hydrogens is 278 g/mol. The van der Waals surface area contributed by atoms with Crippen molar-refractivity contribution in [1.29, 1.82) is 0 Å². The lowest BCUT2D eigenvalue weighted by Crippen LogP contribution is -2.50. The number of benzene rings is 2. The van der Waals surface area contributed by atoms with Crippen molar-refractivity contribution in [2.45, 2.75) is 19.0 Å². The number of fused-ring (bicyclic) bond motifs is 1. The van der Waals surface area contributed by atoms with E-state index in [1.165, 1.54) is 7.11 Å². The van der Waals surface area contributed by atoms with E-state index in [1.807, 2.05) is 48.5 Å². The Morgan fingerprint density at radius 3 is 2.36 bits per heavy atom. The minimum atomic E-state index is -1.15. The summed E-state index contributed by atoms with van der Waals surface area (Å²) in [5.41, 5.74) is 1.17. The average Bonchev–Trinajstić information content (AvgIpc) is 2.92. The van der Waals surface area contributed by atoms with Gasteiger partial charge in [0.25, 0.3) is 5.91 Å². The van der Waals surface area contributed by atoms with E-state index in [1.54, 1.807) is 17.9 Å². The Hall–Kier alpha value is -2.62. The van der Waals surface area contributed by atoms with Gasteiger partial charge in [0.15, 0.2) is 5.54 Å². The Morgan fingerprint density at radius 1 is 1.09 bits per heavy atom. The first-order valence-electron chi connectivity index (χ1n) is 7.13. The van der Waals surface area contributed by atoms with Crippen LogP contribution in [0.25, 0.3) is 0 Å². The highest BCUT2D eigenvalue weighted by molar-refractivity contribution is 6.01. The normalized spacial score (nSPS) is 16.1. The molecule has 0 N–H and O–H groups in total. The number of rotatable bonds is 3. The summed E-state index contributed by atoms with van der Waals surface area (Å²) < 4.78 is 5.00. The molecule has 0 fully saturated rings. The highest BCUT2D eigenvalue weighted by atomic mass is 16.5. The number of hydrogen-bond donors (Lipinski definition) is 0. The topological polar surface area (TPSA) is 46.6 Å². The molecule has 1 aliphatic heterocycles. The molecule has 0 saturated heterocycles. The second kappa shape index (κ2) is 5.30. The summed E-state index contributed by atoms with van der Waals surface area (Å²) >= 11 is 0. The zero-order chi connectivity index (χ0) is 15.7. The molecule has 0 bridgehead atoms. The number of hydrogen-bond acceptors (Lipinski definition) is 3. The standard InChI is InChI=1S/C18H17NO3/c1-18(17(21)22-2,14-9-4-3-5-10-14)19-12-13-8-6-7-11-15(13)16(19)20/h3-11H,12H2,1-2H3. The molecule has 112 valence electrons. The van der Waals surface area contributed by atoms with Crippen molar-refractivity contribution in [1.82, 2.24) is 4.90 Å². The van der Waals surface area contributed by atoms with Crippen molar-refractivity contribution in [2.24, 2.45) is 0 Å². The van der Waals surface area contributed by atoms with E-state index in [0.717, 1.165) is 11.1 Å². The molecule has 0 radical (unpaired) electrons. The van der Waals surface area contributed by atoms with Crippen LogP contribution < -0.4 is 0 Å². The van der Waals surface area contributed by atoms with Crippen molar-refractivity contribution in [2.75, 3.05) is 7.11 Å². The monoisotopic (exact) mass is 295 g/mol. The fourth-order valence-electron chi connectivity index (χ4n) is 2.96. The molecule has 0 aliphatic carbocycles. The van der Waals surface area contributed by atoms with Gasteiger partial charge in [-0.15, -0.1) is 0 Å². The number of carbonyl (C=O) groups excluding carboxylic acids is 2. The Labute approximate surface area is 129 Å². The molecule has 2 aromatic rings. The van der Waals surface area contributed by atoms with Gasteiger partial charge in [-0.05, 0) is 24.1 Å². The maximum Gasteiger partial charge on any atom is 0.336 e. The molecule has 1 atom stereocenters. The molecular formula is C18H17NO3. The Kier molecular flexibility index (Phi) is 3.45. The summed E-state index contributed by atoms with van der Waals surface area (Å²) in [6.07, 6.45) is 0. The van der Waals surface area contributed by atoms with Gasteiger partial charge in [0.1, 0.15) is 0 Å². The molecule has 3 rings (SSSR count). The van der Waals surface area contributed by atoms with Gasteiger partial charge in [-0.1, -0.05) is 48.5 Å². The van der Waals surface area contributed by atoms with Crippen LogP contribution in [0.3, 0.4) is 0 Å². The van der Waals surface area contributed by atoms with Gasteiger partial charge in [-0.25, -0.2) is 4.79 Å². The molecule has 0 aromatic heterocycles. The van der Waals surface area contributed by atoms with Crippen molar-refractivity contribution < 1.29 is 14.3 Å². The molecule has 0 saturated carbocycles. The van der Waals surface area contributed by atoms with E-state index in [4.69, 9.17) is 4.74 Å². The first-order chi connectivity index (χ1) is 10.6. The predicted octanol–water partition coefficient (Wildman–Crippen LogP) is 2.73. The quantitative estimate of drug-likeness (QED) is 0.818. The van der Waals surface area contributed by atoms with Crippen molar-refractivity contribution >= 4 is 11.9 Å². The molecule has 4 nitrogen and oxygen atoms in total. The van der Waals surface area contributed by atoms with Gasteiger partial charge < -0.3 is 9.64 Å². The van der Waals surface area contributed by atoms with Crippen LogP contribution in [0.1, 0.15) is 28.4 Å². The average molecular weight is 295 g/mol. The third kappa shape index (κ3) is 1.99. The van der Waals surface area contributed by atoms with Gasteiger partial charge >= 0.3 is 5.97 Å². The summed E-state index contributed by atoms with van der Waals surface area (Å²) in [6.45, 7) is 2.13. The largest absolute Gasteiger partial charge is 0.467 e. The van der Waals surface area contributed by atoms with Crippen LogP contribution in [0.2, 0.25) is 0 Å². The number of carbonyl (C=O) groups is 2. The molecule has 1 aliphatic rings. The number of nitrogens with zero attached hydrogens (tertiary/aromatic N) is 1. The predicted molar refractivity (Wildman–Crippen MR) is 82.1 cm³/mol. The molecule has 2 aromatic carbocycles. The van der Waals surface area contributed by atoms with Gasteiger partial charge in [-0.3, -0.25) is 4.79 Å². The van der Waals surface area contributed by atoms with E-state index in [-0.39, 0.29) is 5.91 Å². The van der Waals surface area contributed by atoms with E-state index in [0.29, 0.717) is 12.1 Å². The van der Waals surface area contributed by atoms with Crippen LogP contribution in [0.4, 0.5) is 0 Å². The number of amides is 1. The second-order valence-corrected chi connectivity index (χ2v) is 5.48. The molecule has 1 unspecified atom stereocenters. The Bertz CT molecular complexity index is 726. The lowest BCUT2D eigenvalue weighted by molar-refractivity contribution is -0.153. The Balaban J connectivity index is 2.10. The highest BCUT2D eigenvalue weighted by Gasteiger charge is 2.47. The van der Waals surface area contributed by atoms with Crippen LogP contribution in [-0.4, -0.2) is 23.9 Å². The summed E-state index contributed by atoms with van der Waals surface area (Å²) in [7, 11) is 1.34. The SMILES string of the molecule is COC(=O)C(C)(c1ccccc1)N1Cc2ccccc2C1=O. The third-order valence-corrected chi connectivity index (χ3v) is 4.28. The van der Waals surface area contributed by atoms with Gasteiger partial charge in [-0.2, -0.15) is 0 Å². The van der Waals surface area contributed by atoms with Crippen LogP contribution in [-0.2, 0) is 21.6 Å². The number of esters is 1. The van der Waals surface area contributed by atoms with Crippen molar-refractivity contribution in [3.63, 3.8) is 0 Å². The maximum atomic E-state index is 12.8. The minimum Gasteiger partial charge on any atom is -0.467 e. The first-order valence-corrected chi connectivity index (χ1v) is 7.13. The summed E-state index contributed by atoms with van der Waals surface area (Å²) in [6, 6.07) is 16.7. The van der Waals surface area contributed by atoms with Crippen LogP contribution in [0.15, 0.2) is 54.6 Å². The minimum absolute atomic E-state index is 0.146. The van der Waals surface area contributed by atoms with Crippen molar-refractivity contribution in [3.8, 4) is 0 Å². The summed E-state index contributed by atoms with van der Waals surface area (Å²) in [5.74, 6) is -0.591. The van der Waals surface area contributed by atoms with E-state index >= 15 is 0 Å². The fourth-order valence-corrected chi connectivity index (χ4v) is 2.96. The van der Waals surface area contributed by atoms with Crippen LogP contribution in [0, 0.1) is 0 Å².